The first-order valence-corrected chi connectivity index (χ1v) is 13.0. The number of hydrogen-bond acceptors (Lipinski definition) is 3. The van der Waals surface area contributed by atoms with E-state index in [-0.39, 0.29) is 0 Å². The normalized spacial score (nSPS) is 20.2. The third-order valence-electron chi connectivity index (χ3n) is 7.14. The average molecular weight is 464 g/mol. The van der Waals surface area contributed by atoms with Gasteiger partial charge in [-0.15, -0.1) is 11.8 Å². The van der Waals surface area contributed by atoms with Crippen molar-refractivity contribution in [3.05, 3.63) is 100 Å². The lowest BCUT2D eigenvalue weighted by Crippen LogP contribution is -2.42. The van der Waals surface area contributed by atoms with Crippen LogP contribution in [0.25, 0.3) is 0 Å². The zero-order chi connectivity index (χ0) is 22.0. The summed E-state index contributed by atoms with van der Waals surface area (Å²) in [6, 6.07) is 25.6. The molecule has 0 amide bonds. The van der Waals surface area contributed by atoms with Gasteiger partial charge in [-0.25, -0.2) is 0 Å². The average Bonchev–Trinajstić information content (AvgIpc) is 2.98. The van der Waals surface area contributed by atoms with Gasteiger partial charge < -0.3 is 10.0 Å². The van der Waals surface area contributed by atoms with Crippen LogP contribution in [0.3, 0.4) is 0 Å². The molecule has 0 aromatic heterocycles. The molecular weight excluding hydrogens is 434 g/mol. The molecule has 1 fully saturated rings. The lowest BCUT2D eigenvalue weighted by Gasteiger charge is -2.38. The molecule has 0 bridgehead atoms. The van der Waals surface area contributed by atoms with Gasteiger partial charge in [0.1, 0.15) is 0 Å². The van der Waals surface area contributed by atoms with Crippen molar-refractivity contribution in [3.63, 3.8) is 0 Å². The molecule has 166 valence electrons. The predicted octanol–water partition coefficient (Wildman–Crippen LogP) is 6.84. The van der Waals surface area contributed by atoms with Crippen molar-refractivity contribution < 1.29 is 5.11 Å². The van der Waals surface area contributed by atoms with Crippen LogP contribution in [0, 0.1) is 0 Å². The first-order chi connectivity index (χ1) is 15.6. The molecule has 2 nitrogen and oxygen atoms in total. The van der Waals surface area contributed by atoms with Crippen molar-refractivity contribution in [2.24, 2.45) is 0 Å². The molecule has 3 aromatic rings. The van der Waals surface area contributed by atoms with Crippen LogP contribution in [-0.2, 0) is 11.4 Å². The molecule has 0 aliphatic carbocycles. The van der Waals surface area contributed by atoms with Gasteiger partial charge >= 0.3 is 0 Å². The molecule has 0 saturated carbocycles. The first kappa shape index (κ1) is 22.0. The van der Waals surface area contributed by atoms with Gasteiger partial charge in [0.25, 0.3) is 0 Å². The Morgan fingerprint density at radius 1 is 0.906 bits per heavy atom. The molecule has 1 atom stereocenters. The smallest absolute Gasteiger partial charge is 0.0920 e. The molecule has 1 unspecified atom stereocenters. The molecule has 5 rings (SSSR count). The van der Waals surface area contributed by atoms with Crippen molar-refractivity contribution in [3.8, 4) is 0 Å². The van der Waals surface area contributed by atoms with Gasteiger partial charge in [0.05, 0.1) is 5.60 Å². The fourth-order valence-corrected chi connectivity index (χ4v) is 6.51. The number of halogens is 1. The summed E-state index contributed by atoms with van der Waals surface area (Å²) in [5.74, 6) is 1.52. The van der Waals surface area contributed by atoms with Crippen molar-refractivity contribution in [2.45, 2.75) is 47.9 Å². The maximum absolute atomic E-state index is 11.2. The van der Waals surface area contributed by atoms with Gasteiger partial charge in [0.2, 0.25) is 0 Å². The summed E-state index contributed by atoms with van der Waals surface area (Å²) < 4.78 is 0. The zero-order valence-corrected chi connectivity index (χ0v) is 19.9. The summed E-state index contributed by atoms with van der Waals surface area (Å²) in [6.07, 6.45) is 3.88. The molecule has 1 N–H and O–H groups in total. The lowest BCUT2D eigenvalue weighted by atomic mass is 9.83. The minimum Gasteiger partial charge on any atom is -0.385 e. The Kier molecular flexibility index (Phi) is 6.61. The molecule has 32 heavy (non-hydrogen) atoms. The molecule has 2 heterocycles. The van der Waals surface area contributed by atoms with Gasteiger partial charge in [-0.1, -0.05) is 66.2 Å². The van der Waals surface area contributed by atoms with E-state index in [1.807, 2.05) is 36.0 Å². The van der Waals surface area contributed by atoms with Crippen LogP contribution in [0.5, 0.6) is 0 Å². The molecule has 3 aromatic carbocycles. The Labute approximate surface area is 200 Å². The number of thioether (sulfide) groups is 1. The van der Waals surface area contributed by atoms with Crippen LogP contribution < -0.4 is 0 Å². The summed E-state index contributed by atoms with van der Waals surface area (Å²) in [5.41, 5.74) is 4.73. The number of fused-ring (bicyclic) bond motifs is 2. The third-order valence-corrected chi connectivity index (χ3v) is 8.53. The number of hydrogen-bond donors (Lipinski definition) is 1. The fourth-order valence-electron chi connectivity index (χ4n) is 5.25. The summed E-state index contributed by atoms with van der Waals surface area (Å²) in [4.78, 5) is 3.95. The minimum atomic E-state index is -0.725. The van der Waals surface area contributed by atoms with E-state index in [0.29, 0.717) is 5.92 Å². The maximum Gasteiger partial charge on any atom is 0.0920 e. The van der Waals surface area contributed by atoms with E-state index in [4.69, 9.17) is 11.6 Å². The quantitative estimate of drug-likeness (QED) is 0.448. The van der Waals surface area contributed by atoms with E-state index in [2.05, 4.69) is 53.4 Å². The van der Waals surface area contributed by atoms with Gasteiger partial charge in [-0.3, -0.25) is 0 Å². The zero-order valence-electron chi connectivity index (χ0n) is 18.3. The van der Waals surface area contributed by atoms with Gasteiger partial charge in [0, 0.05) is 34.7 Å². The largest absolute Gasteiger partial charge is 0.385 e. The SMILES string of the molecule is OC1(c2ccc(Cl)cc2)CCN(CCCC2c3ccccc3CSc3ccccc32)CC1. The molecule has 2 aliphatic rings. The maximum atomic E-state index is 11.2. The van der Waals surface area contributed by atoms with Crippen LogP contribution in [0.2, 0.25) is 5.02 Å². The molecule has 0 radical (unpaired) electrons. The first-order valence-electron chi connectivity index (χ1n) is 11.6. The van der Waals surface area contributed by atoms with E-state index < -0.39 is 5.60 Å². The molecule has 2 aliphatic heterocycles. The number of piperidine rings is 1. The highest BCUT2D eigenvalue weighted by Gasteiger charge is 2.34. The number of likely N-dealkylation sites (tertiary alicyclic amines) is 1. The number of nitrogens with zero attached hydrogens (tertiary/aromatic N) is 1. The highest BCUT2D eigenvalue weighted by atomic mass is 35.5. The van der Waals surface area contributed by atoms with E-state index in [0.717, 1.165) is 61.7 Å². The Bertz CT molecular complexity index is 1010. The van der Waals surface area contributed by atoms with Crippen LogP contribution in [-0.4, -0.2) is 29.6 Å². The highest BCUT2D eigenvalue weighted by molar-refractivity contribution is 7.98. The Balaban J connectivity index is 1.22. The lowest BCUT2D eigenvalue weighted by molar-refractivity contribution is -0.0261. The standard InChI is InChI=1S/C28H30ClNOS/c29-23-13-11-22(12-14-23)28(31)15-18-30(19-16-28)17-5-9-25-24-7-2-1-6-21(24)20-32-27-10-4-3-8-26(25)27/h1-4,6-8,10-14,25,31H,5,9,15-20H2. The van der Waals surface area contributed by atoms with Crippen LogP contribution in [0.15, 0.2) is 77.7 Å². The van der Waals surface area contributed by atoms with Gasteiger partial charge in [0.15, 0.2) is 0 Å². The van der Waals surface area contributed by atoms with E-state index in [1.54, 1.807) is 0 Å². The third kappa shape index (κ3) is 4.63. The van der Waals surface area contributed by atoms with E-state index in [9.17, 15) is 5.11 Å². The highest BCUT2D eigenvalue weighted by Crippen LogP contribution is 2.42. The second kappa shape index (κ2) is 9.61. The second-order valence-corrected chi connectivity index (χ2v) is 10.6. The fraction of sp³-hybridized carbons (Fsp3) is 0.357. The monoisotopic (exact) mass is 463 g/mol. The molecule has 1 saturated heterocycles. The second-order valence-electron chi connectivity index (χ2n) is 9.10. The summed E-state index contributed by atoms with van der Waals surface area (Å²) in [7, 11) is 0. The Morgan fingerprint density at radius 3 is 2.38 bits per heavy atom. The van der Waals surface area contributed by atoms with E-state index in [1.165, 1.54) is 21.6 Å². The molecular formula is C28H30ClNOS. The summed E-state index contributed by atoms with van der Waals surface area (Å²) in [6.45, 7) is 2.96. The summed E-state index contributed by atoms with van der Waals surface area (Å²) in [5, 5.41) is 11.9. The van der Waals surface area contributed by atoms with Crippen LogP contribution >= 0.6 is 23.4 Å². The van der Waals surface area contributed by atoms with Crippen LogP contribution in [0.4, 0.5) is 0 Å². The van der Waals surface area contributed by atoms with Gasteiger partial charge in [-0.2, -0.15) is 0 Å². The Hall–Kier alpha value is -1.78. The topological polar surface area (TPSA) is 23.5 Å². The summed E-state index contributed by atoms with van der Waals surface area (Å²) >= 11 is 7.99. The van der Waals surface area contributed by atoms with Crippen molar-refractivity contribution >= 4 is 23.4 Å². The predicted molar refractivity (Wildman–Crippen MR) is 135 cm³/mol. The van der Waals surface area contributed by atoms with Gasteiger partial charge in [-0.05, 0) is 72.7 Å². The number of benzene rings is 3. The van der Waals surface area contributed by atoms with Crippen LogP contribution in [0.1, 0.15) is 53.9 Å². The Morgan fingerprint density at radius 2 is 1.59 bits per heavy atom. The number of aliphatic hydroxyl groups is 1. The molecule has 0 spiro atoms. The van der Waals surface area contributed by atoms with E-state index >= 15 is 0 Å². The van der Waals surface area contributed by atoms with Crippen molar-refractivity contribution in [2.75, 3.05) is 19.6 Å². The van der Waals surface area contributed by atoms with Crippen molar-refractivity contribution in [1.82, 2.24) is 4.90 Å². The minimum absolute atomic E-state index is 0.466. The molecule has 4 heteroatoms. The van der Waals surface area contributed by atoms with Crippen molar-refractivity contribution in [1.29, 1.82) is 0 Å². The number of rotatable bonds is 5.